The van der Waals surface area contributed by atoms with Crippen LogP contribution in [0.15, 0.2) is 42.6 Å². The third-order valence-electron chi connectivity index (χ3n) is 4.89. The van der Waals surface area contributed by atoms with Gasteiger partial charge in [-0.2, -0.15) is 14.2 Å². The van der Waals surface area contributed by atoms with Gasteiger partial charge in [0.05, 0.1) is 17.3 Å². The van der Waals surface area contributed by atoms with Gasteiger partial charge < -0.3 is 20.1 Å². The topological polar surface area (TPSA) is 128 Å². The number of rotatable bonds is 9. The SMILES string of the molecule is CNCC(=O)OCc1cccnc1N(C)C(=O)OC(C)n1nc(C(=O)Nc2ccc(F)cc2Cl)cc1F. The molecule has 0 saturated heterocycles. The summed E-state index contributed by atoms with van der Waals surface area (Å²) in [5, 5.41) is 8.88. The number of nitrogens with zero attached hydrogens (tertiary/aromatic N) is 4. The predicted octanol–water partition coefficient (Wildman–Crippen LogP) is 3.52. The van der Waals surface area contributed by atoms with Crippen molar-refractivity contribution in [1.29, 1.82) is 0 Å². The predicted molar refractivity (Wildman–Crippen MR) is 129 cm³/mol. The number of carbonyl (C=O) groups is 3. The van der Waals surface area contributed by atoms with E-state index in [1.54, 1.807) is 19.2 Å². The Morgan fingerprint density at radius 1 is 1.22 bits per heavy atom. The van der Waals surface area contributed by atoms with Crippen LogP contribution in [-0.4, -0.2) is 53.4 Å². The lowest BCUT2D eigenvalue weighted by atomic mass is 10.2. The number of hydrogen-bond donors (Lipinski definition) is 2. The van der Waals surface area contributed by atoms with E-state index in [0.717, 1.165) is 23.1 Å². The van der Waals surface area contributed by atoms with Crippen LogP contribution in [0.25, 0.3) is 0 Å². The number of esters is 1. The molecule has 196 valence electrons. The molecule has 1 unspecified atom stereocenters. The van der Waals surface area contributed by atoms with E-state index in [9.17, 15) is 23.2 Å². The van der Waals surface area contributed by atoms with E-state index < -0.39 is 36.0 Å². The van der Waals surface area contributed by atoms with E-state index in [2.05, 4.69) is 20.7 Å². The largest absolute Gasteiger partial charge is 0.460 e. The first-order chi connectivity index (χ1) is 17.6. The molecule has 2 aromatic heterocycles. The Labute approximate surface area is 215 Å². The average molecular weight is 537 g/mol. The summed E-state index contributed by atoms with van der Waals surface area (Å²) in [4.78, 5) is 42.0. The molecule has 2 heterocycles. The Hall–Kier alpha value is -4.10. The molecule has 3 rings (SSSR count). The molecule has 0 spiro atoms. The molecule has 1 atom stereocenters. The lowest BCUT2D eigenvalue weighted by Crippen LogP contribution is -2.31. The smallest absolute Gasteiger partial charge is 0.417 e. The second-order valence-corrected chi connectivity index (χ2v) is 8.00. The quantitative estimate of drug-likeness (QED) is 0.398. The number of anilines is 2. The normalized spacial score (nSPS) is 11.5. The molecule has 0 aliphatic carbocycles. The summed E-state index contributed by atoms with van der Waals surface area (Å²) in [5.74, 6) is -2.69. The summed E-state index contributed by atoms with van der Waals surface area (Å²) in [6, 6.07) is 7.42. The molecule has 0 bridgehead atoms. The van der Waals surface area contributed by atoms with Crippen LogP contribution in [0, 0.1) is 11.8 Å². The summed E-state index contributed by atoms with van der Waals surface area (Å²) < 4.78 is 38.9. The molecular formula is C23H23ClF2N6O5. The van der Waals surface area contributed by atoms with Gasteiger partial charge in [-0.25, -0.2) is 14.2 Å². The van der Waals surface area contributed by atoms with Gasteiger partial charge in [-0.05, 0) is 38.2 Å². The van der Waals surface area contributed by atoms with Gasteiger partial charge in [-0.3, -0.25) is 14.5 Å². The molecule has 2 amide bonds. The third kappa shape index (κ3) is 6.98. The number of benzene rings is 1. The van der Waals surface area contributed by atoms with Gasteiger partial charge in [0.15, 0.2) is 11.9 Å². The first kappa shape index (κ1) is 27.5. The number of halogens is 3. The van der Waals surface area contributed by atoms with Crippen LogP contribution in [0.4, 0.5) is 25.1 Å². The van der Waals surface area contributed by atoms with E-state index in [0.29, 0.717) is 10.2 Å². The van der Waals surface area contributed by atoms with Crippen molar-refractivity contribution < 1.29 is 32.6 Å². The highest BCUT2D eigenvalue weighted by Gasteiger charge is 2.24. The van der Waals surface area contributed by atoms with Crippen LogP contribution in [0.5, 0.6) is 0 Å². The van der Waals surface area contributed by atoms with E-state index in [4.69, 9.17) is 21.1 Å². The fourth-order valence-corrected chi connectivity index (χ4v) is 3.29. The Morgan fingerprint density at radius 2 is 1.97 bits per heavy atom. The maximum absolute atomic E-state index is 14.5. The Balaban J connectivity index is 1.68. The van der Waals surface area contributed by atoms with E-state index >= 15 is 0 Å². The number of amides is 2. The fraction of sp³-hybridized carbons (Fsp3) is 0.261. The summed E-state index contributed by atoms with van der Waals surface area (Å²) >= 11 is 5.90. The van der Waals surface area contributed by atoms with Crippen LogP contribution >= 0.6 is 11.6 Å². The summed E-state index contributed by atoms with van der Waals surface area (Å²) in [6.07, 6.45) is -0.730. The van der Waals surface area contributed by atoms with Crippen LogP contribution in [0.2, 0.25) is 5.02 Å². The molecule has 0 saturated carbocycles. The highest BCUT2D eigenvalue weighted by Crippen LogP contribution is 2.24. The number of carbonyl (C=O) groups excluding carboxylic acids is 3. The molecule has 0 aliphatic heterocycles. The monoisotopic (exact) mass is 536 g/mol. The Bertz CT molecular complexity index is 1300. The molecule has 37 heavy (non-hydrogen) atoms. The maximum atomic E-state index is 14.5. The van der Waals surface area contributed by atoms with Gasteiger partial charge in [-0.15, -0.1) is 0 Å². The molecule has 0 radical (unpaired) electrons. The highest BCUT2D eigenvalue weighted by molar-refractivity contribution is 6.33. The molecule has 0 fully saturated rings. The van der Waals surface area contributed by atoms with Crippen molar-refractivity contribution in [2.75, 3.05) is 30.9 Å². The zero-order valence-corrected chi connectivity index (χ0v) is 20.8. The van der Waals surface area contributed by atoms with Crippen LogP contribution in [0.1, 0.15) is 29.2 Å². The fourth-order valence-electron chi connectivity index (χ4n) is 3.07. The number of ether oxygens (including phenoxy) is 2. The molecule has 1 aromatic carbocycles. The Morgan fingerprint density at radius 3 is 2.68 bits per heavy atom. The van der Waals surface area contributed by atoms with E-state index in [-0.39, 0.29) is 35.4 Å². The first-order valence-corrected chi connectivity index (χ1v) is 11.2. The molecule has 2 N–H and O–H groups in total. The van der Waals surface area contributed by atoms with Gasteiger partial charge in [0.2, 0.25) is 5.95 Å². The lowest BCUT2D eigenvalue weighted by Gasteiger charge is -2.21. The average Bonchev–Trinajstić information content (AvgIpc) is 3.26. The number of pyridine rings is 1. The van der Waals surface area contributed by atoms with Gasteiger partial charge in [0.25, 0.3) is 5.91 Å². The van der Waals surface area contributed by atoms with E-state index in [1.165, 1.54) is 26.2 Å². The van der Waals surface area contributed by atoms with Crippen molar-refractivity contribution in [1.82, 2.24) is 20.1 Å². The molecule has 3 aromatic rings. The van der Waals surface area contributed by atoms with Crippen LogP contribution in [0.3, 0.4) is 0 Å². The molecular weight excluding hydrogens is 514 g/mol. The zero-order chi connectivity index (χ0) is 27.1. The van der Waals surface area contributed by atoms with Crippen molar-refractivity contribution in [3.63, 3.8) is 0 Å². The van der Waals surface area contributed by atoms with Crippen molar-refractivity contribution in [3.05, 3.63) is 70.6 Å². The van der Waals surface area contributed by atoms with Crippen LogP contribution in [-0.2, 0) is 20.9 Å². The van der Waals surface area contributed by atoms with Gasteiger partial charge in [0.1, 0.15) is 18.2 Å². The lowest BCUT2D eigenvalue weighted by molar-refractivity contribution is -0.143. The maximum Gasteiger partial charge on any atom is 0.417 e. The minimum atomic E-state index is -1.26. The van der Waals surface area contributed by atoms with Gasteiger partial charge in [-0.1, -0.05) is 17.7 Å². The summed E-state index contributed by atoms with van der Waals surface area (Å²) in [7, 11) is 2.97. The number of nitrogens with one attached hydrogen (secondary N) is 2. The second-order valence-electron chi connectivity index (χ2n) is 7.59. The summed E-state index contributed by atoms with van der Waals surface area (Å²) in [5.41, 5.74) is 0.208. The van der Waals surface area contributed by atoms with Crippen molar-refractivity contribution in [2.24, 2.45) is 0 Å². The van der Waals surface area contributed by atoms with Crippen LogP contribution < -0.4 is 15.5 Å². The number of hydrogen-bond acceptors (Lipinski definition) is 8. The van der Waals surface area contributed by atoms with Crippen molar-refractivity contribution in [3.8, 4) is 0 Å². The number of likely N-dealkylation sites (N-methyl/N-ethyl adjacent to an activating group) is 1. The molecule has 0 aliphatic rings. The van der Waals surface area contributed by atoms with E-state index in [1.807, 2.05) is 0 Å². The van der Waals surface area contributed by atoms with Crippen molar-refractivity contribution in [2.45, 2.75) is 19.8 Å². The number of aromatic nitrogens is 3. The standard InChI is InChI=1S/C23H23ClF2N6O5/c1-13(32-19(26)10-18(30-32)22(34)29-17-7-6-15(25)9-16(17)24)37-23(35)31(3)21-14(5-4-8-28-21)12-36-20(33)11-27-2/h4-10,13,27H,11-12H2,1-3H3,(H,29,34). The molecule has 11 nitrogen and oxygen atoms in total. The minimum Gasteiger partial charge on any atom is -0.460 e. The van der Waals surface area contributed by atoms with Gasteiger partial charge in [0, 0.05) is 24.9 Å². The molecule has 14 heteroatoms. The van der Waals surface area contributed by atoms with Gasteiger partial charge >= 0.3 is 12.1 Å². The zero-order valence-electron chi connectivity index (χ0n) is 20.0. The minimum absolute atomic E-state index is 0.0113. The summed E-state index contributed by atoms with van der Waals surface area (Å²) in [6.45, 7) is 1.22. The highest BCUT2D eigenvalue weighted by atomic mass is 35.5. The second kappa shape index (κ2) is 12.2. The Kier molecular flexibility index (Phi) is 9.09. The van der Waals surface area contributed by atoms with Crippen molar-refractivity contribution >= 4 is 41.1 Å². The first-order valence-electron chi connectivity index (χ1n) is 10.8. The third-order valence-corrected chi connectivity index (χ3v) is 5.20.